The maximum atomic E-state index is 13.8. The summed E-state index contributed by atoms with van der Waals surface area (Å²) < 4.78 is 64.2. The van der Waals surface area contributed by atoms with Crippen LogP contribution in [0.25, 0.3) is 0 Å². The van der Waals surface area contributed by atoms with Crippen LogP contribution in [0, 0.1) is 17.3 Å². The first kappa shape index (κ1) is 20.8. The molecule has 4 saturated carbocycles. The summed E-state index contributed by atoms with van der Waals surface area (Å²) in [6.45, 7) is -0.642. The Morgan fingerprint density at radius 3 is 2.07 bits per heavy atom. The quantitative estimate of drug-likeness (QED) is 0.484. The Labute approximate surface area is 157 Å². The predicted molar refractivity (Wildman–Crippen MR) is 81.5 cm³/mol. The smallest absolute Gasteiger partial charge is 0.415 e. The molecule has 2 N–H and O–H groups in total. The van der Waals surface area contributed by atoms with E-state index in [0.717, 1.165) is 0 Å². The number of carbonyl (C=O) groups excluding carboxylic acids is 2. The van der Waals surface area contributed by atoms with Gasteiger partial charge in [-0.25, -0.2) is 9.59 Å². The highest BCUT2D eigenvalue weighted by Crippen LogP contribution is 2.63. The van der Waals surface area contributed by atoms with E-state index in [0.29, 0.717) is 19.3 Å². The van der Waals surface area contributed by atoms with Crippen LogP contribution in [-0.2, 0) is 23.9 Å². The number of rotatable bonds is 7. The molecule has 0 aromatic heterocycles. The Hall–Kier alpha value is -1.91. The van der Waals surface area contributed by atoms with Crippen molar-refractivity contribution < 1.29 is 51.6 Å². The first-order valence-electron chi connectivity index (χ1n) is 8.88. The maximum Gasteiger partial charge on any atom is 0.415 e. The molecular formula is C17H20F4O7. The van der Waals surface area contributed by atoms with E-state index in [2.05, 4.69) is 0 Å². The monoisotopic (exact) mass is 412 g/mol. The summed E-state index contributed by atoms with van der Waals surface area (Å²) in [7, 11) is 0. The van der Waals surface area contributed by atoms with Gasteiger partial charge >= 0.3 is 29.8 Å². The summed E-state index contributed by atoms with van der Waals surface area (Å²) in [6.07, 6.45) is 1.61. The lowest BCUT2D eigenvalue weighted by molar-refractivity contribution is -0.255. The highest BCUT2D eigenvalue weighted by atomic mass is 19.3. The number of alkyl halides is 4. The molecule has 28 heavy (non-hydrogen) atoms. The zero-order chi connectivity index (χ0) is 21.0. The van der Waals surface area contributed by atoms with Crippen molar-refractivity contribution >= 4 is 17.9 Å². The van der Waals surface area contributed by atoms with Gasteiger partial charge in [0, 0.05) is 6.42 Å². The molecule has 0 heterocycles. The van der Waals surface area contributed by atoms with Crippen LogP contribution in [0.3, 0.4) is 0 Å². The minimum atomic E-state index is -5.62. The molecule has 7 nitrogen and oxygen atoms in total. The minimum absolute atomic E-state index is 0.135. The van der Waals surface area contributed by atoms with Gasteiger partial charge in [0.2, 0.25) is 0 Å². The summed E-state index contributed by atoms with van der Waals surface area (Å²) in [5, 5.41) is 17.2. The fourth-order valence-corrected chi connectivity index (χ4v) is 5.35. The van der Waals surface area contributed by atoms with Gasteiger partial charge in [-0.05, 0) is 43.9 Å². The molecule has 0 spiro atoms. The number of carbonyl (C=O) groups is 3. The Kier molecular flexibility index (Phi) is 4.88. The Morgan fingerprint density at radius 1 is 1.00 bits per heavy atom. The number of halogens is 4. The zero-order valence-electron chi connectivity index (χ0n) is 14.8. The number of ether oxygens (including phenoxy) is 2. The fraction of sp³-hybridized carbons (Fsp3) is 0.824. The third kappa shape index (κ3) is 3.13. The van der Waals surface area contributed by atoms with Gasteiger partial charge in [-0.15, -0.1) is 0 Å². The maximum absolute atomic E-state index is 13.8. The van der Waals surface area contributed by atoms with Crippen molar-refractivity contribution in [3.63, 3.8) is 0 Å². The van der Waals surface area contributed by atoms with Crippen molar-refractivity contribution in [2.45, 2.75) is 56.0 Å². The number of carboxylic acids is 1. The number of aliphatic carboxylic acids is 1. The van der Waals surface area contributed by atoms with E-state index >= 15 is 0 Å². The fourth-order valence-electron chi connectivity index (χ4n) is 5.35. The van der Waals surface area contributed by atoms with Crippen molar-refractivity contribution in [1.29, 1.82) is 0 Å². The van der Waals surface area contributed by atoms with Crippen molar-refractivity contribution in [3.05, 3.63) is 0 Å². The summed E-state index contributed by atoms with van der Waals surface area (Å²) in [4.78, 5) is 34.8. The summed E-state index contributed by atoms with van der Waals surface area (Å²) in [5.41, 5.74) is -2.64. The average Bonchev–Trinajstić information content (AvgIpc) is 2.57. The van der Waals surface area contributed by atoms with Crippen molar-refractivity contribution in [2.24, 2.45) is 17.3 Å². The second kappa shape index (κ2) is 6.57. The lowest BCUT2D eigenvalue weighted by Crippen LogP contribution is -2.62. The van der Waals surface area contributed by atoms with Crippen molar-refractivity contribution in [1.82, 2.24) is 0 Å². The largest absolute Gasteiger partial charge is 0.477 e. The van der Waals surface area contributed by atoms with Crippen molar-refractivity contribution in [3.8, 4) is 0 Å². The van der Waals surface area contributed by atoms with E-state index in [-0.39, 0.29) is 37.7 Å². The molecule has 2 atom stereocenters. The predicted octanol–water partition coefficient (Wildman–Crippen LogP) is 1.76. The molecule has 2 unspecified atom stereocenters. The number of hydrogen-bond acceptors (Lipinski definition) is 6. The molecule has 0 radical (unpaired) electrons. The van der Waals surface area contributed by atoms with Crippen LogP contribution in [0.2, 0.25) is 0 Å². The lowest BCUT2D eigenvalue weighted by atomic mass is 9.48. The van der Waals surface area contributed by atoms with Gasteiger partial charge in [0.15, 0.2) is 0 Å². The second-order valence-corrected chi connectivity index (χ2v) is 8.13. The standard InChI is InChI=1S/C17H20F4O7/c18-16(19,11(23)24)17(20,21)13(26)28-15-6-9-3-10(7-15)5-14(4-9,8-15)12(25)27-2-1-22/h9-10,22H,1-8H2,(H,23,24). The van der Waals surface area contributed by atoms with E-state index < -0.39 is 47.4 Å². The molecular weight excluding hydrogens is 392 g/mol. The zero-order valence-corrected chi connectivity index (χ0v) is 14.8. The minimum Gasteiger partial charge on any atom is -0.477 e. The molecule has 158 valence electrons. The van der Waals surface area contributed by atoms with E-state index in [1.165, 1.54) is 0 Å². The van der Waals surface area contributed by atoms with Crippen LogP contribution in [0.5, 0.6) is 0 Å². The van der Waals surface area contributed by atoms with Crippen LogP contribution in [-0.4, -0.2) is 58.8 Å². The van der Waals surface area contributed by atoms with Crippen LogP contribution < -0.4 is 0 Å². The topological polar surface area (TPSA) is 110 Å². The lowest BCUT2D eigenvalue weighted by Gasteiger charge is -2.59. The molecule has 4 aliphatic rings. The van der Waals surface area contributed by atoms with Crippen LogP contribution >= 0.6 is 0 Å². The SMILES string of the molecule is O=C(OCCO)C12CC3CC(CC(OC(=O)C(F)(F)C(F)(F)C(=O)O)(C3)C1)C2. The van der Waals surface area contributed by atoms with Gasteiger partial charge in [-0.3, -0.25) is 4.79 Å². The van der Waals surface area contributed by atoms with E-state index in [9.17, 15) is 31.9 Å². The second-order valence-electron chi connectivity index (χ2n) is 8.13. The van der Waals surface area contributed by atoms with Crippen molar-refractivity contribution in [2.75, 3.05) is 13.2 Å². The van der Waals surface area contributed by atoms with Crippen LogP contribution in [0.1, 0.15) is 38.5 Å². The van der Waals surface area contributed by atoms with Gasteiger partial charge in [0.05, 0.1) is 12.0 Å². The highest BCUT2D eigenvalue weighted by molar-refractivity contribution is 5.89. The molecule has 0 amide bonds. The number of esters is 2. The van der Waals surface area contributed by atoms with Crippen LogP contribution in [0.4, 0.5) is 17.6 Å². The molecule has 0 aromatic carbocycles. The molecule has 0 saturated heterocycles. The Bertz CT molecular complexity index is 679. The first-order valence-corrected chi connectivity index (χ1v) is 8.88. The molecule has 4 aliphatic carbocycles. The average molecular weight is 412 g/mol. The van der Waals surface area contributed by atoms with E-state index in [4.69, 9.17) is 19.7 Å². The van der Waals surface area contributed by atoms with Gasteiger partial charge in [0.25, 0.3) is 0 Å². The van der Waals surface area contributed by atoms with E-state index in [1.54, 1.807) is 0 Å². The normalized spacial score (nSPS) is 34.2. The summed E-state index contributed by atoms with van der Waals surface area (Å²) in [5.74, 6) is -17.8. The number of aliphatic hydroxyl groups excluding tert-OH is 1. The molecule has 4 bridgehead atoms. The van der Waals surface area contributed by atoms with Gasteiger partial charge in [-0.1, -0.05) is 0 Å². The number of aliphatic hydroxyl groups is 1. The van der Waals surface area contributed by atoms with Gasteiger partial charge < -0.3 is 19.7 Å². The molecule has 4 rings (SSSR count). The molecule has 11 heteroatoms. The van der Waals surface area contributed by atoms with E-state index in [1.807, 2.05) is 0 Å². The molecule has 4 fully saturated rings. The van der Waals surface area contributed by atoms with Crippen LogP contribution in [0.15, 0.2) is 0 Å². The third-order valence-electron chi connectivity index (χ3n) is 5.99. The Balaban J connectivity index is 1.83. The third-order valence-corrected chi connectivity index (χ3v) is 5.99. The molecule has 0 aliphatic heterocycles. The van der Waals surface area contributed by atoms with Gasteiger partial charge in [-0.2, -0.15) is 17.6 Å². The number of hydrogen-bond donors (Lipinski definition) is 2. The van der Waals surface area contributed by atoms with Gasteiger partial charge in [0.1, 0.15) is 12.2 Å². The highest BCUT2D eigenvalue weighted by Gasteiger charge is 2.71. The number of carboxylic acid groups (broad SMARTS) is 1. The molecule has 0 aromatic rings. The Morgan fingerprint density at radius 2 is 1.57 bits per heavy atom. The summed E-state index contributed by atoms with van der Waals surface area (Å²) in [6, 6.07) is 0. The summed E-state index contributed by atoms with van der Waals surface area (Å²) >= 11 is 0. The first-order chi connectivity index (χ1) is 12.9.